The van der Waals surface area contributed by atoms with Gasteiger partial charge < -0.3 is 5.11 Å². The van der Waals surface area contributed by atoms with Gasteiger partial charge in [-0.25, -0.2) is 9.78 Å². The fraction of sp³-hybridized carbons (Fsp3) is 0.429. The van der Waals surface area contributed by atoms with Crippen LogP contribution in [0.25, 0.3) is 0 Å². The summed E-state index contributed by atoms with van der Waals surface area (Å²) in [4.78, 5) is 14.2. The molecular weight excluding hydrogens is 158 g/mol. The first-order chi connectivity index (χ1) is 5.61. The fourth-order valence-corrected chi connectivity index (χ4v) is 0.685. The number of nitrogens with zero attached hydrogens (tertiary/aromatic N) is 3. The first-order valence-corrected chi connectivity index (χ1v) is 3.54. The molecule has 0 bridgehead atoms. The summed E-state index contributed by atoms with van der Waals surface area (Å²) in [5.74, 6) is -1.23. The van der Waals surface area contributed by atoms with Crippen molar-refractivity contribution in [2.45, 2.75) is 19.8 Å². The van der Waals surface area contributed by atoms with Crippen LogP contribution in [0, 0.1) is 0 Å². The van der Waals surface area contributed by atoms with Gasteiger partial charge in [-0.05, 0) is 5.92 Å². The van der Waals surface area contributed by atoms with Gasteiger partial charge in [0.15, 0.2) is 0 Å². The van der Waals surface area contributed by atoms with Gasteiger partial charge in [0.2, 0.25) is 0 Å². The Balaban J connectivity index is 3.04. The van der Waals surface area contributed by atoms with Gasteiger partial charge in [0.05, 0.1) is 11.9 Å². The maximum absolute atomic E-state index is 10.4. The van der Waals surface area contributed by atoms with Crippen molar-refractivity contribution < 1.29 is 9.90 Å². The summed E-state index contributed by atoms with van der Waals surface area (Å²) in [5, 5.41) is 15.4. The van der Waals surface area contributed by atoms with E-state index in [1.54, 1.807) is 0 Å². The molecule has 0 aliphatic heterocycles. The van der Waals surface area contributed by atoms with E-state index in [0.29, 0.717) is 5.69 Å². The lowest BCUT2D eigenvalue weighted by atomic mass is 10.1. The van der Waals surface area contributed by atoms with E-state index >= 15 is 0 Å². The van der Waals surface area contributed by atoms with Crippen LogP contribution < -0.4 is 0 Å². The molecule has 1 aromatic rings. The predicted octanol–water partition coefficient (Wildman–Crippen LogP) is 0.693. The minimum absolute atomic E-state index is 0.165. The molecule has 1 rings (SSSR count). The molecular formula is C7H9N3O2. The van der Waals surface area contributed by atoms with Crippen molar-refractivity contribution in [2.24, 2.45) is 0 Å². The van der Waals surface area contributed by atoms with Crippen LogP contribution in [0.3, 0.4) is 0 Å². The standard InChI is InChI=1S/C7H9N3O2/c1-4(2)5-3-8-10-6(9-5)7(11)12/h3-4H,1-2H3,(H,11,12). The molecule has 1 aromatic heterocycles. The molecule has 0 saturated heterocycles. The Morgan fingerprint density at radius 2 is 2.25 bits per heavy atom. The Kier molecular flexibility index (Phi) is 2.32. The van der Waals surface area contributed by atoms with E-state index in [2.05, 4.69) is 15.2 Å². The van der Waals surface area contributed by atoms with Gasteiger partial charge in [-0.3, -0.25) is 0 Å². The summed E-state index contributed by atoms with van der Waals surface area (Å²) < 4.78 is 0. The van der Waals surface area contributed by atoms with Crippen molar-refractivity contribution in [3.05, 3.63) is 17.7 Å². The van der Waals surface area contributed by atoms with Gasteiger partial charge in [-0.1, -0.05) is 13.8 Å². The van der Waals surface area contributed by atoms with Gasteiger partial charge in [-0.2, -0.15) is 5.10 Å². The number of rotatable bonds is 2. The smallest absolute Gasteiger partial charge is 0.375 e. The molecule has 0 aliphatic carbocycles. The summed E-state index contributed by atoms with van der Waals surface area (Å²) in [6.07, 6.45) is 1.47. The number of aromatic nitrogens is 3. The second-order valence-corrected chi connectivity index (χ2v) is 2.66. The monoisotopic (exact) mass is 167 g/mol. The summed E-state index contributed by atoms with van der Waals surface area (Å²) >= 11 is 0. The zero-order chi connectivity index (χ0) is 9.14. The summed E-state index contributed by atoms with van der Waals surface area (Å²) in [6.45, 7) is 3.82. The lowest BCUT2D eigenvalue weighted by Gasteiger charge is -2.01. The van der Waals surface area contributed by atoms with Crippen LogP contribution in [-0.4, -0.2) is 26.3 Å². The Morgan fingerprint density at radius 3 is 2.75 bits per heavy atom. The van der Waals surface area contributed by atoms with Crippen LogP contribution >= 0.6 is 0 Å². The van der Waals surface area contributed by atoms with Crippen LogP contribution in [0.1, 0.15) is 36.1 Å². The summed E-state index contributed by atoms with van der Waals surface area (Å²) in [5.41, 5.74) is 0.641. The minimum atomic E-state index is -1.15. The molecule has 0 atom stereocenters. The van der Waals surface area contributed by atoms with Gasteiger partial charge in [-0.15, -0.1) is 5.10 Å². The van der Waals surface area contributed by atoms with E-state index < -0.39 is 5.97 Å². The first-order valence-electron chi connectivity index (χ1n) is 3.54. The van der Waals surface area contributed by atoms with Crippen molar-refractivity contribution in [1.82, 2.24) is 15.2 Å². The first kappa shape index (κ1) is 8.58. The number of carboxylic acid groups (broad SMARTS) is 1. The average molecular weight is 167 g/mol. The molecule has 1 heterocycles. The molecule has 12 heavy (non-hydrogen) atoms. The third kappa shape index (κ3) is 1.75. The Morgan fingerprint density at radius 1 is 1.58 bits per heavy atom. The van der Waals surface area contributed by atoms with Gasteiger partial charge in [0, 0.05) is 0 Å². The fourth-order valence-electron chi connectivity index (χ4n) is 0.685. The quantitative estimate of drug-likeness (QED) is 0.701. The minimum Gasteiger partial charge on any atom is -0.475 e. The molecule has 0 spiro atoms. The molecule has 5 heteroatoms. The molecule has 0 aromatic carbocycles. The average Bonchev–Trinajstić information content (AvgIpc) is 2.04. The van der Waals surface area contributed by atoms with E-state index in [-0.39, 0.29) is 11.7 Å². The highest BCUT2D eigenvalue weighted by atomic mass is 16.4. The summed E-state index contributed by atoms with van der Waals surface area (Å²) in [7, 11) is 0. The molecule has 64 valence electrons. The van der Waals surface area contributed by atoms with Crippen molar-refractivity contribution in [2.75, 3.05) is 0 Å². The van der Waals surface area contributed by atoms with E-state index in [9.17, 15) is 4.79 Å². The van der Waals surface area contributed by atoms with Crippen LogP contribution in [0.4, 0.5) is 0 Å². The maximum atomic E-state index is 10.4. The Bertz CT molecular complexity index is 298. The van der Waals surface area contributed by atoms with E-state index in [0.717, 1.165) is 0 Å². The third-order valence-electron chi connectivity index (χ3n) is 1.36. The lowest BCUT2D eigenvalue weighted by molar-refractivity contribution is 0.0681. The van der Waals surface area contributed by atoms with E-state index in [1.165, 1.54) is 6.20 Å². The van der Waals surface area contributed by atoms with E-state index in [4.69, 9.17) is 5.11 Å². The number of carbonyl (C=O) groups is 1. The third-order valence-corrected chi connectivity index (χ3v) is 1.36. The zero-order valence-corrected chi connectivity index (χ0v) is 6.85. The van der Waals surface area contributed by atoms with Gasteiger partial charge in [0.25, 0.3) is 5.82 Å². The van der Waals surface area contributed by atoms with Crippen molar-refractivity contribution in [3.8, 4) is 0 Å². The molecule has 1 N–H and O–H groups in total. The number of aromatic carboxylic acids is 1. The zero-order valence-electron chi connectivity index (χ0n) is 6.85. The number of hydrogen-bond acceptors (Lipinski definition) is 4. The molecule has 0 aliphatic rings. The second-order valence-electron chi connectivity index (χ2n) is 2.66. The largest absolute Gasteiger partial charge is 0.475 e. The summed E-state index contributed by atoms with van der Waals surface area (Å²) in [6, 6.07) is 0. The molecule has 0 radical (unpaired) electrons. The van der Waals surface area contributed by atoms with Crippen molar-refractivity contribution >= 4 is 5.97 Å². The highest BCUT2D eigenvalue weighted by molar-refractivity contribution is 5.82. The van der Waals surface area contributed by atoms with Crippen LogP contribution in [-0.2, 0) is 0 Å². The normalized spacial score (nSPS) is 10.2. The maximum Gasteiger partial charge on any atom is 0.375 e. The van der Waals surface area contributed by atoms with Crippen molar-refractivity contribution in [3.63, 3.8) is 0 Å². The Labute approximate surface area is 69.5 Å². The van der Waals surface area contributed by atoms with E-state index in [1.807, 2.05) is 13.8 Å². The predicted molar refractivity (Wildman–Crippen MR) is 40.9 cm³/mol. The molecule has 0 fully saturated rings. The topological polar surface area (TPSA) is 76.0 Å². The molecule has 0 unspecified atom stereocenters. The van der Waals surface area contributed by atoms with Crippen LogP contribution in [0.15, 0.2) is 6.20 Å². The van der Waals surface area contributed by atoms with Gasteiger partial charge in [0.1, 0.15) is 0 Å². The Hall–Kier alpha value is -1.52. The molecule has 5 nitrogen and oxygen atoms in total. The second kappa shape index (κ2) is 3.25. The SMILES string of the molecule is CC(C)c1cnnc(C(=O)O)n1. The molecule has 0 amide bonds. The molecule has 0 saturated carbocycles. The van der Waals surface area contributed by atoms with Gasteiger partial charge >= 0.3 is 5.97 Å². The number of carboxylic acids is 1. The van der Waals surface area contributed by atoms with Crippen molar-refractivity contribution in [1.29, 1.82) is 0 Å². The highest BCUT2D eigenvalue weighted by Crippen LogP contribution is 2.08. The lowest BCUT2D eigenvalue weighted by Crippen LogP contribution is -2.08. The number of hydrogen-bond donors (Lipinski definition) is 1. The highest BCUT2D eigenvalue weighted by Gasteiger charge is 2.09. The van der Waals surface area contributed by atoms with Crippen LogP contribution in [0.2, 0.25) is 0 Å². The van der Waals surface area contributed by atoms with Crippen LogP contribution in [0.5, 0.6) is 0 Å².